The number of imide groups is 1. The van der Waals surface area contributed by atoms with Crippen LogP contribution in [0.3, 0.4) is 0 Å². The summed E-state index contributed by atoms with van der Waals surface area (Å²) in [6, 6.07) is 18.6. The third kappa shape index (κ3) is 6.39. The van der Waals surface area contributed by atoms with E-state index in [4.69, 9.17) is 9.47 Å². The first-order valence-corrected chi connectivity index (χ1v) is 12.7. The van der Waals surface area contributed by atoms with E-state index in [0.29, 0.717) is 17.4 Å². The lowest BCUT2D eigenvalue weighted by Gasteiger charge is -2.13. The van der Waals surface area contributed by atoms with E-state index in [-0.39, 0.29) is 34.3 Å². The van der Waals surface area contributed by atoms with Crippen LogP contribution in [-0.2, 0) is 16.2 Å². The first-order valence-electron chi connectivity index (χ1n) is 11.1. The second-order valence-corrected chi connectivity index (χ2v) is 9.83. The van der Waals surface area contributed by atoms with Crippen LogP contribution < -0.4 is 14.8 Å². The van der Waals surface area contributed by atoms with Gasteiger partial charge in [0.1, 0.15) is 13.2 Å². The molecule has 1 N–H and O–H groups in total. The highest BCUT2D eigenvalue weighted by Crippen LogP contribution is 2.39. The smallest absolute Gasteiger partial charge is 0.294 e. The molecule has 1 heterocycles. The van der Waals surface area contributed by atoms with Crippen molar-refractivity contribution < 1.29 is 28.8 Å². The fourth-order valence-corrected chi connectivity index (χ4v) is 4.59. The maximum absolute atomic E-state index is 12.9. The SMILES string of the molecule is COc1cc(/C=C2/SC(=O)N(CC(=O)Nc3ccc(Br)cc3)C2=O)c([N+](=O)[O-])cc1OCc1ccccc1. The Morgan fingerprint density at radius 2 is 1.82 bits per heavy atom. The topological polar surface area (TPSA) is 128 Å². The molecule has 194 valence electrons. The molecule has 12 heteroatoms. The van der Waals surface area contributed by atoms with Gasteiger partial charge in [-0.3, -0.25) is 29.4 Å². The minimum atomic E-state index is -0.733. The number of hydrogen-bond donors (Lipinski definition) is 1. The normalized spacial score (nSPS) is 14.1. The first kappa shape index (κ1) is 26.9. The van der Waals surface area contributed by atoms with Crippen LogP contribution in [0.2, 0.25) is 0 Å². The summed E-state index contributed by atoms with van der Waals surface area (Å²) in [4.78, 5) is 49.8. The number of benzene rings is 3. The molecule has 1 saturated heterocycles. The minimum Gasteiger partial charge on any atom is -0.493 e. The van der Waals surface area contributed by atoms with Crippen LogP contribution in [-0.4, -0.2) is 40.5 Å². The highest BCUT2D eigenvalue weighted by atomic mass is 79.9. The molecule has 3 amide bonds. The summed E-state index contributed by atoms with van der Waals surface area (Å²) >= 11 is 3.89. The molecule has 0 bridgehead atoms. The molecule has 3 aromatic carbocycles. The molecular weight excluding hydrogens is 578 g/mol. The highest BCUT2D eigenvalue weighted by Gasteiger charge is 2.37. The predicted molar refractivity (Wildman–Crippen MR) is 146 cm³/mol. The number of thioether (sulfide) groups is 1. The number of carbonyl (C=O) groups is 3. The predicted octanol–water partition coefficient (Wildman–Crippen LogP) is 5.62. The third-order valence-corrected chi connectivity index (χ3v) is 6.77. The number of methoxy groups -OCH3 is 1. The van der Waals surface area contributed by atoms with Crippen LogP contribution in [0.25, 0.3) is 6.08 Å². The lowest BCUT2D eigenvalue weighted by molar-refractivity contribution is -0.385. The number of ether oxygens (including phenoxy) is 2. The molecule has 0 unspecified atom stereocenters. The number of amides is 3. The second kappa shape index (κ2) is 11.9. The van der Waals surface area contributed by atoms with Crippen LogP contribution in [0.15, 0.2) is 76.1 Å². The van der Waals surface area contributed by atoms with E-state index >= 15 is 0 Å². The summed E-state index contributed by atoms with van der Waals surface area (Å²) in [6.45, 7) is -0.343. The Morgan fingerprint density at radius 3 is 2.47 bits per heavy atom. The van der Waals surface area contributed by atoms with Crippen molar-refractivity contribution >= 4 is 62.2 Å². The van der Waals surface area contributed by atoms with Gasteiger partial charge >= 0.3 is 0 Å². The maximum atomic E-state index is 12.9. The first-order chi connectivity index (χ1) is 18.2. The van der Waals surface area contributed by atoms with Gasteiger partial charge in [-0.15, -0.1) is 0 Å². The van der Waals surface area contributed by atoms with Gasteiger partial charge in [-0.1, -0.05) is 46.3 Å². The average Bonchev–Trinajstić information content (AvgIpc) is 3.16. The fraction of sp³-hybridized carbons (Fsp3) is 0.115. The average molecular weight is 598 g/mol. The van der Waals surface area contributed by atoms with Crippen molar-refractivity contribution in [3.05, 3.63) is 97.3 Å². The van der Waals surface area contributed by atoms with Gasteiger partial charge in [-0.05, 0) is 53.7 Å². The van der Waals surface area contributed by atoms with Gasteiger partial charge in [0, 0.05) is 10.2 Å². The van der Waals surface area contributed by atoms with Crippen LogP contribution in [0.4, 0.5) is 16.2 Å². The van der Waals surface area contributed by atoms with Crippen LogP contribution >= 0.6 is 27.7 Å². The van der Waals surface area contributed by atoms with Crippen molar-refractivity contribution in [3.8, 4) is 11.5 Å². The van der Waals surface area contributed by atoms with E-state index in [0.717, 1.165) is 14.9 Å². The number of carbonyl (C=O) groups excluding carboxylic acids is 3. The molecule has 4 rings (SSSR count). The number of nitrogens with one attached hydrogen (secondary N) is 1. The van der Waals surface area contributed by atoms with E-state index in [2.05, 4.69) is 21.2 Å². The minimum absolute atomic E-state index is 0.0451. The number of nitro benzene ring substituents is 1. The maximum Gasteiger partial charge on any atom is 0.294 e. The largest absolute Gasteiger partial charge is 0.493 e. The van der Waals surface area contributed by atoms with Crippen LogP contribution in [0, 0.1) is 10.1 Å². The summed E-state index contributed by atoms with van der Waals surface area (Å²) in [5.41, 5.74) is 1.06. The molecule has 0 radical (unpaired) electrons. The van der Waals surface area contributed by atoms with Gasteiger partial charge in [0.05, 0.1) is 28.6 Å². The Hall–Kier alpha value is -4.16. The lowest BCUT2D eigenvalue weighted by atomic mass is 10.1. The molecule has 0 aliphatic carbocycles. The molecule has 0 spiro atoms. The Kier molecular flexibility index (Phi) is 8.44. The molecule has 38 heavy (non-hydrogen) atoms. The molecule has 3 aromatic rings. The zero-order valence-corrected chi connectivity index (χ0v) is 22.3. The molecule has 0 atom stereocenters. The Labute approximate surface area is 229 Å². The van der Waals surface area contributed by atoms with Gasteiger partial charge < -0.3 is 14.8 Å². The monoisotopic (exact) mass is 597 g/mol. The third-order valence-electron chi connectivity index (χ3n) is 5.34. The molecule has 1 aliphatic heterocycles. The number of nitro groups is 1. The number of rotatable bonds is 9. The summed E-state index contributed by atoms with van der Waals surface area (Å²) in [7, 11) is 1.39. The van der Waals surface area contributed by atoms with E-state index in [1.54, 1.807) is 24.3 Å². The Bertz CT molecular complexity index is 1430. The number of halogens is 1. The van der Waals surface area contributed by atoms with E-state index in [1.165, 1.54) is 25.3 Å². The summed E-state index contributed by atoms with van der Waals surface area (Å²) in [5.74, 6) is -0.934. The summed E-state index contributed by atoms with van der Waals surface area (Å²) in [5, 5.41) is 13.8. The van der Waals surface area contributed by atoms with Crippen molar-refractivity contribution in [2.24, 2.45) is 0 Å². The van der Waals surface area contributed by atoms with Gasteiger partial charge in [0.2, 0.25) is 5.91 Å². The van der Waals surface area contributed by atoms with E-state index in [9.17, 15) is 24.5 Å². The van der Waals surface area contributed by atoms with E-state index < -0.39 is 28.5 Å². The van der Waals surface area contributed by atoms with Gasteiger partial charge in [0.15, 0.2) is 11.5 Å². The quantitative estimate of drug-likeness (QED) is 0.191. The van der Waals surface area contributed by atoms with Crippen molar-refractivity contribution in [1.29, 1.82) is 0 Å². The fourth-order valence-electron chi connectivity index (χ4n) is 3.50. The van der Waals surface area contributed by atoms with Gasteiger partial charge in [-0.25, -0.2) is 0 Å². The van der Waals surface area contributed by atoms with Gasteiger partial charge in [-0.2, -0.15) is 0 Å². The molecule has 10 nitrogen and oxygen atoms in total. The number of anilines is 1. The standard InChI is InChI=1S/C26H20BrN3O7S/c1-36-21-11-17(20(30(34)35)13-22(21)37-15-16-5-3-2-4-6-16)12-23-25(32)29(26(33)38-23)14-24(31)28-19-9-7-18(27)8-10-19/h2-13H,14-15H2,1H3,(H,28,31)/b23-12+. The van der Waals surface area contributed by atoms with Crippen LogP contribution in [0.1, 0.15) is 11.1 Å². The lowest BCUT2D eigenvalue weighted by Crippen LogP contribution is -2.36. The Morgan fingerprint density at radius 1 is 1.11 bits per heavy atom. The van der Waals surface area contributed by atoms with Crippen molar-refractivity contribution in [1.82, 2.24) is 4.90 Å². The molecule has 0 saturated carbocycles. The molecule has 1 aliphatic rings. The van der Waals surface area contributed by atoms with Crippen molar-refractivity contribution in [2.75, 3.05) is 19.0 Å². The van der Waals surface area contributed by atoms with Gasteiger partial charge in [0.25, 0.3) is 16.8 Å². The summed E-state index contributed by atoms with van der Waals surface area (Å²) < 4.78 is 11.9. The van der Waals surface area contributed by atoms with E-state index in [1.807, 2.05) is 30.3 Å². The van der Waals surface area contributed by atoms with Crippen molar-refractivity contribution in [2.45, 2.75) is 6.61 Å². The second-order valence-electron chi connectivity index (χ2n) is 7.92. The number of hydrogen-bond acceptors (Lipinski definition) is 8. The molecule has 1 fully saturated rings. The Balaban J connectivity index is 1.54. The number of nitrogens with zero attached hydrogens (tertiary/aromatic N) is 2. The zero-order chi connectivity index (χ0) is 27.2. The van der Waals surface area contributed by atoms with Crippen LogP contribution in [0.5, 0.6) is 11.5 Å². The highest BCUT2D eigenvalue weighted by molar-refractivity contribution is 9.10. The zero-order valence-electron chi connectivity index (χ0n) is 19.9. The molecular formula is C26H20BrN3O7S. The molecule has 0 aromatic heterocycles. The van der Waals surface area contributed by atoms with Crippen molar-refractivity contribution in [3.63, 3.8) is 0 Å². The summed E-state index contributed by atoms with van der Waals surface area (Å²) in [6.07, 6.45) is 1.24.